The Kier molecular flexibility index (Phi) is 6.10. The molecule has 0 atom stereocenters. The predicted molar refractivity (Wildman–Crippen MR) is 133 cm³/mol. The molecule has 0 aliphatic carbocycles. The van der Waals surface area contributed by atoms with E-state index in [-0.39, 0.29) is 19.2 Å². The van der Waals surface area contributed by atoms with E-state index in [1.165, 1.54) is 0 Å². The molecule has 2 aromatic heterocycles. The van der Waals surface area contributed by atoms with Crippen molar-refractivity contribution in [2.24, 2.45) is 0 Å². The average molecular weight is 486 g/mol. The number of hydrogen-bond donors (Lipinski definition) is 0. The summed E-state index contributed by atoms with van der Waals surface area (Å²) in [5.74, 6) is 0.644. The lowest BCUT2D eigenvalue weighted by Crippen LogP contribution is -2.16. The summed E-state index contributed by atoms with van der Waals surface area (Å²) in [6.07, 6.45) is 0. The molecule has 1 aliphatic heterocycles. The Balaban J connectivity index is 1.29. The van der Waals surface area contributed by atoms with Gasteiger partial charge in [0, 0.05) is 23.5 Å². The monoisotopic (exact) mass is 485 g/mol. The maximum Gasteiger partial charge on any atom is 0.342 e. The molecule has 0 saturated heterocycles. The number of rotatable bonds is 7. The maximum atomic E-state index is 13.0. The quantitative estimate of drug-likeness (QED) is 0.278. The molecule has 184 valence electrons. The highest BCUT2D eigenvalue weighted by Gasteiger charge is 2.23. The van der Waals surface area contributed by atoms with Crippen LogP contribution >= 0.6 is 0 Å². The summed E-state index contributed by atoms with van der Waals surface area (Å²) in [6, 6.07) is 17.2. The molecule has 0 unspecified atom stereocenters. The third kappa shape index (κ3) is 4.26. The molecule has 4 aromatic rings. The van der Waals surface area contributed by atoms with Crippen LogP contribution in [0.25, 0.3) is 5.69 Å². The zero-order valence-electron chi connectivity index (χ0n) is 20.7. The molecule has 0 amide bonds. The Morgan fingerprint density at radius 1 is 0.944 bits per heavy atom. The first kappa shape index (κ1) is 23.4. The number of aromatic nitrogens is 3. The molecule has 5 rings (SSSR count). The third-order valence-corrected chi connectivity index (χ3v) is 6.48. The third-order valence-electron chi connectivity index (χ3n) is 6.48. The van der Waals surface area contributed by atoms with Crippen LogP contribution in [-0.2, 0) is 11.3 Å². The summed E-state index contributed by atoms with van der Waals surface area (Å²) >= 11 is 0. The van der Waals surface area contributed by atoms with E-state index in [2.05, 4.69) is 9.67 Å². The Bertz CT molecular complexity index is 1470. The van der Waals surface area contributed by atoms with Gasteiger partial charge in [0.05, 0.1) is 17.1 Å². The Morgan fingerprint density at radius 3 is 2.47 bits per heavy atom. The molecular formula is C28H27N3O5. The number of carbonyl (C=O) groups is 2. The van der Waals surface area contributed by atoms with Gasteiger partial charge in [-0.3, -0.25) is 4.79 Å². The van der Waals surface area contributed by atoms with E-state index in [0.717, 1.165) is 34.1 Å². The second-order valence-electron chi connectivity index (χ2n) is 8.85. The predicted octanol–water partition coefficient (Wildman–Crippen LogP) is 4.72. The smallest absolute Gasteiger partial charge is 0.342 e. The fraction of sp³-hybridized carbons (Fsp3) is 0.250. The molecule has 0 spiro atoms. The van der Waals surface area contributed by atoms with Gasteiger partial charge in [0.2, 0.25) is 12.6 Å². The van der Waals surface area contributed by atoms with Crippen molar-refractivity contribution in [2.45, 2.75) is 34.2 Å². The van der Waals surface area contributed by atoms with Crippen molar-refractivity contribution in [3.63, 3.8) is 0 Å². The van der Waals surface area contributed by atoms with E-state index < -0.39 is 5.97 Å². The minimum absolute atomic E-state index is 0.226. The lowest BCUT2D eigenvalue weighted by atomic mass is 10.1. The summed E-state index contributed by atoms with van der Waals surface area (Å²) < 4.78 is 20.1. The van der Waals surface area contributed by atoms with Gasteiger partial charge in [-0.05, 0) is 63.6 Å². The van der Waals surface area contributed by atoms with Crippen molar-refractivity contribution in [1.82, 2.24) is 14.3 Å². The number of ketones is 1. The highest BCUT2D eigenvalue weighted by atomic mass is 16.7. The summed E-state index contributed by atoms with van der Waals surface area (Å²) in [4.78, 5) is 25.9. The Labute approximate surface area is 209 Å². The second kappa shape index (κ2) is 9.37. The zero-order chi connectivity index (χ0) is 25.4. The first-order valence-corrected chi connectivity index (χ1v) is 11.7. The van der Waals surface area contributed by atoms with E-state index in [1.807, 2.05) is 75.4 Å². The van der Waals surface area contributed by atoms with Crippen LogP contribution in [0.15, 0.2) is 54.6 Å². The molecule has 1 aliphatic rings. The van der Waals surface area contributed by atoms with E-state index in [9.17, 15) is 9.59 Å². The van der Waals surface area contributed by atoms with E-state index in [1.54, 1.807) is 11.6 Å². The summed E-state index contributed by atoms with van der Waals surface area (Å²) in [7, 11) is 0. The lowest BCUT2D eigenvalue weighted by molar-refractivity contribution is 0.0473. The maximum absolute atomic E-state index is 13.0. The van der Waals surface area contributed by atoms with Crippen LogP contribution in [0.3, 0.4) is 0 Å². The van der Waals surface area contributed by atoms with Gasteiger partial charge >= 0.3 is 5.97 Å². The van der Waals surface area contributed by atoms with E-state index >= 15 is 0 Å². The average Bonchev–Trinajstić information content (AvgIpc) is 3.54. The molecule has 0 fully saturated rings. The van der Waals surface area contributed by atoms with Crippen molar-refractivity contribution in [1.29, 1.82) is 0 Å². The SMILES string of the molecule is Cc1nn(-c2ccccc2)c(C)c1C(=O)OCC(=O)c1cc(C)n(Cc2ccc3c(c2)OCO3)c1C. The van der Waals surface area contributed by atoms with Crippen molar-refractivity contribution < 1.29 is 23.8 Å². The number of benzene rings is 2. The molecular weight excluding hydrogens is 458 g/mol. The number of carbonyl (C=O) groups excluding carboxylic acids is 2. The van der Waals surface area contributed by atoms with Crippen LogP contribution in [-0.4, -0.2) is 39.5 Å². The van der Waals surface area contributed by atoms with Crippen LogP contribution in [0.2, 0.25) is 0 Å². The van der Waals surface area contributed by atoms with Gasteiger partial charge in [-0.2, -0.15) is 5.10 Å². The minimum atomic E-state index is -0.560. The van der Waals surface area contributed by atoms with Gasteiger partial charge in [-0.1, -0.05) is 24.3 Å². The van der Waals surface area contributed by atoms with Crippen LogP contribution in [0.1, 0.15) is 49.1 Å². The standard InChI is InChI=1S/C28H27N3O5/c1-17-12-23(19(3)30(17)14-21-10-11-25-26(13-21)36-16-35-25)24(32)15-34-28(33)27-18(2)29-31(20(27)4)22-8-6-5-7-9-22/h5-13H,14-16H2,1-4H3. The highest BCUT2D eigenvalue weighted by Crippen LogP contribution is 2.33. The molecule has 3 heterocycles. The van der Waals surface area contributed by atoms with Gasteiger partial charge in [0.25, 0.3) is 0 Å². The summed E-state index contributed by atoms with van der Waals surface area (Å²) in [6.45, 7) is 7.88. The summed E-state index contributed by atoms with van der Waals surface area (Å²) in [5, 5.41) is 4.49. The Morgan fingerprint density at radius 2 is 1.69 bits per heavy atom. The van der Waals surface area contributed by atoms with Crippen LogP contribution in [0.5, 0.6) is 11.5 Å². The van der Waals surface area contributed by atoms with Gasteiger partial charge in [0.15, 0.2) is 18.1 Å². The van der Waals surface area contributed by atoms with Crippen LogP contribution in [0.4, 0.5) is 0 Å². The molecule has 36 heavy (non-hydrogen) atoms. The highest BCUT2D eigenvalue weighted by molar-refractivity contribution is 6.00. The lowest BCUT2D eigenvalue weighted by Gasteiger charge is -2.11. The normalized spacial score (nSPS) is 12.1. The van der Waals surface area contributed by atoms with Crippen molar-refractivity contribution >= 4 is 11.8 Å². The zero-order valence-corrected chi connectivity index (χ0v) is 20.7. The van der Waals surface area contributed by atoms with Gasteiger partial charge in [-0.15, -0.1) is 0 Å². The number of fused-ring (bicyclic) bond motifs is 1. The molecule has 8 nitrogen and oxygen atoms in total. The van der Waals surface area contributed by atoms with Crippen LogP contribution in [0, 0.1) is 27.7 Å². The van der Waals surface area contributed by atoms with Crippen molar-refractivity contribution in [2.75, 3.05) is 13.4 Å². The number of aryl methyl sites for hydroxylation is 2. The van der Waals surface area contributed by atoms with Gasteiger partial charge in [-0.25, -0.2) is 9.48 Å². The number of Topliss-reactive ketones (excluding diaryl/α,β-unsaturated/α-hetero) is 1. The first-order valence-electron chi connectivity index (χ1n) is 11.7. The summed E-state index contributed by atoms with van der Waals surface area (Å²) in [5.41, 5.74) is 5.77. The number of nitrogens with zero attached hydrogens (tertiary/aromatic N) is 3. The van der Waals surface area contributed by atoms with E-state index in [0.29, 0.717) is 29.1 Å². The van der Waals surface area contributed by atoms with Gasteiger partial charge in [0.1, 0.15) is 5.56 Å². The second-order valence-corrected chi connectivity index (χ2v) is 8.85. The number of ether oxygens (including phenoxy) is 3. The molecule has 0 saturated carbocycles. The molecule has 0 N–H and O–H groups in total. The molecule has 0 bridgehead atoms. The Hall–Kier alpha value is -4.33. The van der Waals surface area contributed by atoms with E-state index in [4.69, 9.17) is 14.2 Å². The molecule has 0 radical (unpaired) electrons. The number of para-hydroxylation sites is 1. The van der Waals surface area contributed by atoms with Crippen LogP contribution < -0.4 is 9.47 Å². The fourth-order valence-electron chi connectivity index (χ4n) is 4.59. The fourth-order valence-corrected chi connectivity index (χ4v) is 4.59. The minimum Gasteiger partial charge on any atom is -0.454 e. The topological polar surface area (TPSA) is 84.6 Å². The number of esters is 1. The first-order chi connectivity index (χ1) is 17.3. The van der Waals surface area contributed by atoms with Crippen molar-refractivity contribution in [3.8, 4) is 17.2 Å². The van der Waals surface area contributed by atoms with Crippen molar-refractivity contribution in [3.05, 3.63) is 94.1 Å². The number of hydrogen-bond acceptors (Lipinski definition) is 6. The molecule has 2 aromatic carbocycles. The largest absolute Gasteiger partial charge is 0.454 e. The van der Waals surface area contributed by atoms with Gasteiger partial charge < -0.3 is 18.8 Å². The molecule has 8 heteroatoms.